The predicted octanol–water partition coefficient (Wildman–Crippen LogP) is 7.88. The van der Waals surface area contributed by atoms with Crippen molar-refractivity contribution in [1.82, 2.24) is 24.5 Å². The number of aromatic amines is 1. The number of amides is 1. The number of hydrogen-bond acceptors (Lipinski definition) is 15. The number of nitro benzene ring substituents is 1. The minimum Gasteiger partial charge on any atom is -0.489 e. The molecular formula is C54H65N9O9S. The number of morpholine rings is 1. The second kappa shape index (κ2) is 19.1. The van der Waals surface area contributed by atoms with Crippen LogP contribution in [0.25, 0.3) is 11.0 Å². The highest BCUT2D eigenvalue weighted by Gasteiger charge is 2.50. The molecule has 5 aromatic rings. The molecule has 0 unspecified atom stereocenters. The normalized spacial score (nSPS) is 24.7. The predicted molar refractivity (Wildman–Crippen MR) is 277 cm³/mol. The SMILES string of the molecule is CC(C)c1ccccc1[C@@H]1CCCN1C1CC2(CCN(c3ccc(C(=O)NS(=O)(=O)c4cc5c(c([N+](=O)[O-])c4)N[C@@H]([C@H]4CN(C6COC6)[C@H](C)CO4)CO5)c(N4CCCOc5nc6[nH]ccc6cc54)c3)CC2)C1. The van der Waals surface area contributed by atoms with Crippen LogP contribution in [0.5, 0.6) is 11.6 Å². The summed E-state index contributed by atoms with van der Waals surface area (Å²) in [5.41, 5.74) is 5.67. The molecule has 6 aliphatic heterocycles. The lowest BCUT2D eigenvalue weighted by Crippen LogP contribution is -2.62. The quantitative estimate of drug-likeness (QED) is 0.0853. The van der Waals surface area contributed by atoms with E-state index in [1.165, 1.54) is 42.9 Å². The Kier molecular flexibility index (Phi) is 12.5. The van der Waals surface area contributed by atoms with Crippen LogP contribution < -0.4 is 29.3 Å². The van der Waals surface area contributed by atoms with E-state index in [0.29, 0.717) is 92.3 Å². The summed E-state index contributed by atoms with van der Waals surface area (Å²) in [5, 5.41) is 16.7. The largest absolute Gasteiger partial charge is 0.489 e. The summed E-state index contributed by atoms with van der Waals surface area (Å²) >= 11 is 0. The Morgan fingerprint density at radius 3 is 2.52 bits per heavy atom. The minimum absolute atomic E-state index is 0.00475. The van der Waals surface area contributed by atoms with E-state index >= 15 is 0 Å². The average molecular weight is 1020 g/mol. The fourth-order valence-corrected chi connectivity index (χ4v) is 13.8. The number of piperidine rings is 1. The van der Waals surface area contributed by atoms with Crippen LogP contribution in [0.1, 0.15) is 99.2 Å². The Balaban J connectivity index is 0.795. The van der Waals surface area contributed by atoms with E-state index in [9.17, 15) is 23.3 Å². The summed E-state index contributed by atoms with van der Waals surface area (Å²) in [6, 6.07) is 21.8. The second-order valence-corrected chi connectivity index (χ2v) is 23.4. The maximum absolute atomic E-state index is 14.6. The minimum atomic E-state index is -4.69. The highest BCUT2D eigenvalue weighted by atomic mass is 32.2. The van der Waals surface area contributed by atoms with Gasteiger partial charge in [-0.05, 0) is 111 Å². The van der Waals surface area contributed by atoms with Crippen molar-refractivity contribution < 1.29 is 37.1 Å². The van der Waals surface area contributed by atoms with Crippen LogP contribution in [0.4, 0.5) is 28.4 Å². The summed E-state index contributed by atoms with van der Waals surface area (Å²) in [6.45, 7) is 12.8. The van der Waals surface area contributed by atoms with Crippen molar-refractivity contribution in [2.24, 2.45) is 5.41 Å². The molecule has 12 rings (SSSR count). The topological polar surface area (TPSA) is 197 Å². The van der Waals surface area contributed by atoms with Gasteiger partial charge in [0.1, 0.15) is 17.9 Å². The number of carbonyl (C=O) groups excluding carboxylic acids is 1. The molecule has 5 fully saturated rings. The molecular weight excluding hydrogens is 951 g/mol. The van der Waals surface area contributed by atoms with Gasteiger partial charge in [0.25, 0.3) is 21.6 Å². The van der Waals surface area contributed by atoms with Crippen molar-refractivity contribution in [1.29, 1.82) is 0 Å². The number of anilines is 4. The smallest absolute Gasteiger partial charge is 0.297 e. The average Bonchev–Trinajstić information content (AvgIpc) is 4.00. The number of nitrogens with zero attached hydrogens (tertiary/aromatic N) is 6. The number of pyridine rings is 1. The number of fused-ring (bicyclic) bond motifs is 3. The van der Waals surface area contributed by atoms with Crippen molar-refractivity contribution >= 4 is 55.4 Å². The van der Waals surface area contributed by atoms with Gasteiger partial charge >= 0.3 is 0 Å². The summed E-state index contributed by atoms with van der Waals surface area (Å²) in [5.74, 6) is -0.00307. The lowest BCUT2D eigenvalue weighted by Gasteiger charge is -2.56. The van der Waals surface area contributed by atoms with Crippen molar-refractivity contribution in [3.63, 3.8) is 0 Å². The molecule has 0 radical (unpaired) electrons. The van der Waals surface area contributed by atoms with E-state index in [1.54, 1.807) is 6.07 Å². The molecule has 8 heterocycles. The molecule has 0 bridgehead atoms. The molecule has 18 nitrogen and oxygen atoms in total. The van der Waals surface area contributed by atoms with Crippen LogP contribution in [-0.4, -0.2) is 135 Å². The van der Waals surface area contributed by atoms with Gasteiger partial charge in [0.05, 0.1) is 65.7 Å². The van der Waals surface area contributed by atoms with Crippen LogP contribution >= 0.6 is 0 Å². The van der Waals surface area contributed by atoms with Gasteiger partial charge in [-0.1, -0.05) is 38.1 Å². The lowest BCUT2D eigenvalue weighted by molar-refractivity contribution is -0.384. The van der Waals surface area contributed by atoms with E-state index in [-0.39, 0.29) is 41.8 Å². The van der Waals surface area contributed by atoms with Crippen molar-refractivity contribution in [3.8, 4) is 11.6 Å². The monoisotopic (exact) mass is 1020 g/mol. The van der Waals surface area contributed by atoms with Gasteiger partial charge < -0.3 is 39.0 Å². The third-order valence-corrected chi connectivity index (χ3v) is 18.2. The zero-order valence-corrected chi connectivity index (χ0v) is 42.6. The number of H-pyrrole nitrogens is 1. The van der Waals surface area contributed by atoms with Crippen molar-refractivity contribution in [3.05, 3.63) is 99.7 Å². The first kappa shape index (κ1) is 48.0. The lowest BCUT2D eigenvalue weighted by atomic mass is 9.59. The summed E-state index contributed by atoms with van der Waals surface area (Å²) in [6.07, 6.45) is 9.04. The molecule has 386 valence electrons. The third-order valence-electron chi connectivity index (χ3n) is 16.9. The van der Waals surface area contributed by atoms with E-state index in [1.807, 2.05) is 35.4 Å². The molecule has 3 N–H and O–H groups in total. The maximum Gasteiger partial charge on any atom is 0.297 e. The number of likely N-dealkylation sites (tertiary alicyclic amines) is 1. The molecule has 73 heavy (non-hydrogen) atoms. The van der Waals surface area contributed by atoms with Crippen LogP contribution in [0.2, 0.25) is 0 Å². The first-order valence-corrected chi connectivity index (χ1v) is 27.7. The molecule has 1 aliphatic carbocycles. The first-order chi connectivity index (χ1) is 35.3. The maximum atomic E-state index is 14.6. The Hall–Kier alpha value is -5.99. The Morgan fingerprint density at radius 1 is 0.918 bits per heavy atom. The van der Waals surface area contributed by atoms with E-state index < -0.39 is 37.5 Å². The summed E-state index contributed by atoms with van der Waals surface area (Å²) < 4.78 is 54.8. The van der Waals surface area contributed by atoms with Crippen LogP contribution in [-0.2, 0) is 19.5 Å². The van der Waals surface area contributed by atoms with Crippen LogP contribution in [0.3, 0.4) is 0 Å². The number of hydrogen-bond donors (Lipinski definition) is 3. The number of nitro groups is 1. The Morgan fingerprint density at radius 2 is 1.74 bits per heavy atom. The molecule has 1 spiro atoms. The first-order valence-electron chi connectivity index (χ1n) is 26.2. The van der Waals surface area contributed by atoms with Gasteiger partial charge in [-0.25, -0.2) is 13.1 Å². The van der Waals surface area contributed by atoms with Crippen molar-refractivity contribution in [2.75, 3.05) is 80.9 Å². The van der Waals surface area contributed by atoms with E-state index in [0.717, 1.165) is 49.6 Å². The highest BCUT2D eigenvalue weighted by Crippen LogP contribution is 2.55. The van der Waals surface area contributed by atoms with Crippen molar-refractivity contribution in [2.45, 2.75) is 113 Å². The van der Waals surface area contributed by atoms with Gasteiger partial charge in [0.2, 0.25) is 5.88 Å². The highest BCUT2D eigenvalue weighted by molar-refractivity contribution is 7.90. The molecule has 2 aromatic heterocycles. The number of aromatic nitrogens is 2. The Labute approximate surface area is 425 Å². The van der Waals surface area contributed by atoms with Gasteiger partial charge in [-0.15, -0.1) is 0 Å². The molecule has 4 saturated heterocycles. The van der Waals surface area contributed by atoms with Crippen LogP contribution in [0.15, 0.2) is 77.8 Å². The number of rotatable bonds is 11. The van der Waals surface area contributed by atoms with Crippen LogP contribution in [0, 0.1) is 15.5 Å². The zero-order valence-electron chi connectivity index (χ0n) is 41.8. The fraction of sp³-hybridized carbons (Fsp3) is 0.519. The van der Waals surface area contributed by atoms with E-state index in [4.69, 9.17) is 23.9 Å². The molecule has 7 aliphatic rings. The summed E-state index contributed by atoms with van der Waals surface area (Å²) in [4.78, 5) is 43.6. The number of sulfonamides is 1. The molecule has 1 amide bonds. The zero-order chi connectivity index (χ0) is 50.2. The number of benzene rings is 3. The third kappa shape index (κ3) is 8.93. The standard InChI is InChI=1S/C54H65N9O9S/c1-33(2)40-8-4-5-9-41(40)44-10-6-17-60(44)37-26-54(27-37)14-19-59(20-15-54)36-11-12-42(45(23-36)61-18-7-21-70-53-47(61)22-35-13-16-55-51(35)57-53)52(64)58-73(67,68)39-24-46(63(65)66)50-48(25-39)72-32-43(56-50)49-28-62(34(3)29-71-49)38-30-69-31-38/h4-5,8-9,11-13,16,22-25,33-34,37-38,43-44,49,56H,6-7,10,14-15,17-21,26-32H2,1-3H3,(H,55,57)(H,58,64)/t34-,43-,44+,49-/m1/s1. The number of ether oxygens (including phenoxy) is 4. The molecule has 4 atom stereocenters. The van der Waals surface area contributed by atoms with Gasteiger partial charge in [-0.2, -0.15) is 4.98 Å². The Bertz CT molecular complexity index is 3040. The second-order valence-electron chi connectivity index (χ2n) is 21.7. The number of nitrogens with one attached hydrogen (secondary N) is 3. The van der Waals surface area contributed by atoms with Gasteiger partial charge in [-0.3, -0.25) is 24.7 Å². The molecule has 3 aromatic carbocycles. The molecule has 1 saturated carbocycles. The summed E-state index contributed by atoms with van der Waals surface area (Å²) in [7, 11) is -4.69. The van der Waals surface area contributed by atoms with Gasteiger partial charge in [0.15, 0.2) is 11.4 Å². The van der Waals surface area contributed by atoms with E-state index in [2.05, 4.69) is 74.8 Å². The molecule has 19 heteroatoms. The van der Waals surface area contributed by atoms with Gasteiger partial charge in [0, 0.05) is 73.7 Å². The number of carbonyl (C=O) groups is 1. The fourth-order valence-electron chi connectivity index (χ4n) is 12.8.